The first-order chi connectivity index (χ1) is 15.5. The predicted octanol–water partition coefficient (Wildman–Crippen LogP) is 4.22. The van der Waals surface area contributed by atoms with E-state index in [1.54, 1.807) is 11.8 Å². The van der Waals surface area contributed by atoms with E-state index in [2.05, 4.69) is 31.3 Å². The smallest absolute Gasteiger partial charge is 0.245 e. The van der Waals surface area contributed by atoms with Crippen molar-refractivity contribution >= 4 is 29.3 Å². The van der Waals surface area contributed by atoms with Gasteiger partial charge in [-0.3, -0.25) is 14.4 Å². The van der Waals surface area contributed by atoms with Crippen molar-refractivity contribution in [2.45, 2.75) is 78.3 Å². The highest BCUT2D eigenvalue weighted by Gasteiger charge is 2.40. The van der Waals surface area contributed by atoms with Crippen molar-refractivity contribution in [3.63, 3.8) is 0 Å². The van der Waals surface area contributed by atoms with Gasteiger partial charge < -0.3 is 15.1 Å². The molecule has 7 heteroatoms. The highest BCUT2D eigenvalue weighted by molar-refractivity contribution is 6.30. The third kappa shape index (κ3) is 6.08. The summed E-state index contributed by atoms with van der Waals surface area (Å²) in [7, 11) is 0. The molecule has 0 aliphatic carbocycles. The van der Waals surface area contributed by atoms with Crippen molar-refractivity contribution in [2.24, 2.45) is 11.3 Å². The Kier molecular flexibility index (Phi) is 8.09. The first-order valence-corrected chi connectivity index (χ1v) is 12.5. The number of halogens is 1. The zero-order valence-corrected chi connectivity index (χ0v) is 21.3. The molecule has 3 atom stereocenters. The Morgan fingerprint density at radius 3 is 2.36 bits per heavy atom. The lowest BCUT2D eigenvalue weighted by Gasteiger charge is -2.45. The van der Waals surface area contributed by atoms with Crippen LogP contribution >= 0.6 is 11.6 Å². The second-order valence-corrected chi connectivity index (χ2v) is 11.1. The molecule has 1 aromatic carbocycles. The standard InChI is InChI=1S/C26H38ClN3O3/c1-17(2)24(28-23(32)15-21-7-6-13-30(21)18(3)31)25(33)29-14-12-22(26(4,5)16-29)19-8-10-20(27)11-9-19/h8-11,17,21-22,24H,6-7,12-16H2,1-5H3,(H,28,32)/t21-,22?,24+/m0/s1. The molecule has 0 saturated carbocycles. The number of likely N-dealkylation sites (tertiary alicyclic amines) is 2. The van der Waals surface area contributed by atoms with E-state index in [1.807, 2.05) is 30.9 Å². The first-order valence-electron chi connectivity index (χ1n) is 12.1. The summed E-state index contributed by atoms with van der Waals surface area (Å²) in [6.45, 7) is 11.9. The molecular weight excluding hydrogens is 438 g/mol. The SMILES string of the molecule is CC(=O)N1CCC[C@H]1CC(=O)N[C@@H](C(=O)N1CCC(c2ccc(Cl)cc2)C(C)(C)C1)C(C)C. The summed E-state index contributed by atoms with van der Waals surface area (Å²) in [6.07, 6.45) is 2.87. The molecule has 33 heavy (non-hydrogen) atoms. The van der Waals surface area contributed by atoms with E-state index in [1.165, 1.54) is 5.56 Å². The van der Waals surface area contributed by atoms with Crippen molar-refractivity contribution in [2.75, 3.05) is 19.6 Å². The largest absolute Gasteiger partial charge is 0.344 e. The third-order valence-electron chi connectivity index (χ3n) is 7.27. The average Bonchev–Trinajstić information content (AvgIpc) is 3.20. The van der Waals surface area contributed by atoms with Gasteiger partial charge in [0.2, 0.25) is 17.7 Å². The first kappa shape index (κ1) is 25.5. The Bertz CT molecular complexity index is 868. The number of rotatable bonds is 6. The zero-order chi connectivity index (χ0) is 24.3. The lowest BCUT2D eigenvalue weighted by Crippen LogP contribution is -2.56. The summed E-state index contributed by atoms with van der Waals surface area (Å²) < 4.78 is 0. The number of nitrogens with zero attached hydrogens (tertiary/aromatic N) is 2. The highest BCUT2D eigenvalue weighted by Crippen LogP contribution is 2.42. The number of amides is 3. The van der Waals surface area contributed by atoms with E-state index >= 15 is 0 Å². The van der Waals surface area contributed by atoms with E-state index < -0.39 is 6.04 Å². The van der Waals surface area contributed by atoms with Gasteiger partial charge in [0.05, 0.1) is 0 Å². The molecule has 3 amide bonds. The van der Waals surface area contributed by atoms with Gasteiger partial charge in [-0.15, -0.1) is 0 Å². The Morgan fingerprint density at radius 2 is 1.79 bits per heavy atom. The van der Waals surface area contributed by atoms with Crippen LogP contribution in [-0.4, -0.2) is 59.2 Å². The minimum absolute atomic E-state index is 0.00701. The maximum absolute atomic E-state index is 13.5. The van der Waals surface area contributed by atoms with Crippen LogP contribution in [0.2, 0.25) is 5.02 Å². The van der Waals surface area contributed by atoms with Gasteiger partial charge in [-0.25, -0.2) is 0 Å². The van der Waals surface area contributed by atoms with Gasteiger partial charge >= 0.3 is 0 Å². The molecule has 1 N–H and O–H groups in total. The third-order valence-corrected chi connectivity index (χ3v) is 7.52. The van der Waals surface area contributed by atoms with Crippen LogP contribution in [0, 0.1) is 11.3 Å². The van der Waals surface area contributed by atoms with Gasteiger partial charge in [-0.2, -0.15) is 0 Å². The fourth-order valence-electron chi connectivity index (χ4n) is 5.48. The number of nitrogens with one attached hydrogen (secondary N) is 1. The molecule has 2 fully saturated rings. The lowest BCUT2D eigenvalue weighted by molar-refractivity contribution is -0.141. The monoisotopic (exact) mass is 475 g/mol. The van der Waals surface area contributed by atoms with Gasteiger partial charge in [0.1, 0.15) is 6.04 Å². The summed E-state index contributed by atoms with van der Waals surface area (Å²) in [5, 5.41) is 3.72. The number of carbonyl (C=O) groups is 3. The molecule has 1 aromatic rings. The molecule has 0 bridgehead atoms. The Balaban J connectivity index is 1.64. The maximum Gasteiger partial charge on any atom is 0.245 e. The molecule has 2 heterocycles. The Labute approximate surface area is 203 Å². The van der Waals surface area contributed by atoms with Crippen LogP contribution < -0.4 is 5.32 Å². The van der Waals surface area contributed by atoms with Crippen LogP contribution in [0.1, 0.15) is 71.8 Å². The summed E-state index contributed by atoms with van der Waals surface area (Å²) in [6, 6.07) is 7.37. The number of hydrogen-bond donors (Lipinski definition) is 1. The van der Waals surface area contributed by atoms with Crippen molar-refractivity contribution in [3.8, 4) is 0 Å². The van der Waals surface area contributed by atoms with Crippen LogP contribution in [0.25, 0.3) is 0 Å². The zero-order valence-electron chi connectivity index (χ0n) is 20.6. The molecule has 2 aliphatic heterocycles. The average molecular weight is 476 g/mol. The van der Waals surface area contributed by atoms with E-state index in [4.69, 9.17) is 11.6 Å². The minimum atomic E-state index is -0.562. The van der Waals surface area contributed by atoms with E-state index in [0.717, 1.165) is 24.3 Å². The maximum atomic E-state index is 13.5. The van der Waals surface area contributed by atoms with Crippen LogP contribution in [0.15, 0.2) is 24.3 Å². The fraction of sp³-hybridized carbons (Fsp3) is 0.654. The van der Waals surface area contributed by atoms with Gasteiger partial charge in [0.25, 0.3) is 0 Å². The molecule has 2 saturated heterocycles. The second kappa shape index (κ2) is 10.5. The van der Waals surface area contributed by atoms with Crippen molar-refractivity contribution in [1.29, 1.82) is 0 Å². The number of carbonyl (C=O) groups excluding carboxylic acids is 3. The van der Waals surface area contributed by atoms with E-state index in [0.29, 0.717) is 25.6 Å². The lowest BCUT2D eigenvalue weighted by atomic mass is 9.70. The molecule has 3 rings (SSSR count). The fourth-order valence-corrected chi connectivity index (χ4v) is 5.60. The van der Waals surface area contributed by atoms with E-state index in [-0.39, 0.29) is 41.5 Å². The molecule has 0 spiro atoms. The van der Waals surface area contributed by atoms with Gasteiger partial charge in [-0.1, -0.05) is 51.4 Å². The van der Waals surface area contributed by atoms with Crippen LogP contribution in [0.4, 0.5) is 0 Å². The second-order valence-electron chi connectivity index (χ2n) is 10.6. The topological polar surface area (TPSA) is 69.7 Å². The van der Waals surface area contributed by atoms with Crippen molar-refractivity contribution < 1.29 is 14.4 Å². The summed E-state index contributed by atoms with van der Waals surface area (Å²) in [5.41, 5.74) is 1.15. The van der Waals surface area contributed by atoms with Gasteiger partial charge in [-0.05, 0) is 54.2 Å². The van der Waals surface area contributed by atoms with Crippen molar-refractivity contribution in [1.82, 2.24) is 15.1 Å². The van der Waals surface area contributed by atoms with Crippen LogP contribution in [-0.2, 0) is 14.4 Å². The normalized spacial score (nSPS) is 23.5. The van der Waals surface area contributed by atoms with Gasteiger partial charge in [0, 0.05) is 44.0 Å². The van der Waals surface area contributed by atoms with E-state index in [9.17, 15) is 14.4 Å². The molecular formula is C26H38ClN3O3. The number of piperidine rings is 1. The highest BCUT2D eigenvalue weighted by atomic mass is 35.5. The number of hydrogen-bond acceptors (Lipinski definition) is 3. The number of benzene rings is 1. The van der Waals surface area contributed by atoms with Crippen molar-refractivity contribution in [3.05, 3.63) is 34.9 Å². The summed E-state index contributed by atoms with van der Waals surface area (Å²) in [5.74, 6) is 0.149. The Hall–Kier alpha value is -2.08. The quantitative estimate of drug-likeness (QED) is 0.669. The van der Waals surface area contributed by atoms with Crippen LogP contribution in [0.5, 0.6) is 0 Å². The molecule has 1 unspecified atom stereocenters. The molecule has 6 nitrogen and oxygen atoms in total. The summed E-state index contributed by atoms with van der Waals surface area (Å²) in [4.78, 5) is 41.8. The molecule has 2 aliphatic rings. The molecule has 0 aromatic heterocycles. The predicted molar refractivity (Wildman–Crippen MR) is 131 cm³/mol. The summed E-state index contributed by atoms with van der Waals surface area (Å²) >= 11 is 6.06. The van der Waals surface area contributed by atoms with Gasteiger partial charge in [0.15, 0.2) is 0 Å². The minimum Gasteiger partial charge on any atom is -0.344 e. The molecule has 0 radical (unpaired) electrons. The Morgan fingerprint density at radius 1 is 1.12 bits per heavy atom. The van der Waals surface area contributed by atoms with Crippen LogP contribution in [0.3, 0.4) is 0 Å². The molecule has 182 valence electrons.